The number of carbonyl (C=O) groups excluding carboxylic acids is 3. The first-order chi connectivity index (χ1) is 16.8. The van der Waals surface area contributed by atoms with Crippen molar-refractivity contribution in [2.45, 2.75) is 19.3 Å². The predicted molar refractivity (Wildman–Crippen MR) is 128 cm³/mol. The van der Waals surface area contributed by atoms with Gasteiger partial charge < -0.3 is 20.1 Å². The van der Waals surface area contributed by atoms with Gasteiger partial charge in [-0.1, -0.05) is 42.5 Å². The van der Waals surface area contributed by atoms with Crippen molar-refractivity contribution in [2.24, 2.45) is 5.73 Å². The summed E-state index contributed by atoms with van der Waals surface area (Å²) in [5.41, 5.74) is 8.79. The Hall–Kier alpha value is -4.58. The van der Waals surface area contributed by atoms with Gasteiger partial charge in [0, 0.05) is 13.5 Å². The molecule has 178 valence electrons. The van der Waals surface area contributed by atoms with Crippen LogP contribution in [0.4, 0.5) is 11.4 Å². The summed E-state index contributed by atoms with van der Waals surface area (Å²) in [6.45, 7) is 1.91. The number of ether oxygens (including phenoxy) is 2. The van der Waals surface area contributed by atoms with Gasteiger partial charge in [0.05, 0.1) is 48.7 Å². The number of para-hydroxylation sites is 1. The average Bonchev–Trinajstić information content (AvgIpc) is 3.32. The van der Waals surface area contributed by atoms with Gasteiger partial charge in [-0.05, 0) is 23.6 Å². The lowest BCUT2D eigenvalue weighted by Crippen LogP contribution is -2.41. The van der Waals surface area contributed by atoms with E-state index in [1.54, 1.807) is 47.4 Å². The molecule has 2 N–H and O–H groups in total. The highest BCUT2D eigenvalue weighted by Gasteiger charge is 2.44. The van der Waals surface area contributed by atoms with E-state index in [-0.39, 0.29) is 28.6 Å². The Kier molecular flexibility index (Phi) is 6.30. The van der Waals surface area contributed by atoms with Gasteiger partial charge in [0.15, 0.2) is 0 Å². The van der Waals surface area contributed by atoms with Crippen molar-refractivity contribution >= 4 is 29.2 Å². The van der Waals surface area contributed by atoms with Crippen LogP contribution in [0.15, 0.2) is 71.2 Å². The number of benzene rings is 2. The minimum atomic E-state index is -0.959. The molecule has 0 radical (unpaired) electrons. The van der Waals surface area contributed by atoms with Crippen molar-refractivity contribution in [3.05, 3.63) is 82.3 Å². The fourth-order valence-electron chi connectivity index (χ4n) is 4.69. The summed E-state index contributed by atoms with van der Waals surface area (Å²) in [4.78, 5) is 41.7. The van der Waals surface area contributed by atoms with Crippen LogP contribution in [0.2, 0.25) is 0 Å². The molecule has 9 nitrogen and oxygen atoms in total. The number of nitriles is 1. The molecule has 1 unspecified atom stereocenters. The highest BCUT2D eigenvalue weighted by molar-refractivity contribution is 6.08. The molecule has 0 spiro atoms. The fraction of sp³-hybridized carbons (Fsp3) is 0.231. The lowest BCUT2D eigenvalue weighted by molar-refractivity contribution is -0.139. The largest absolute Gasteiger partial charge is 0.466 e. The summed E-state index contributed by atoms with van der Waals surface area (Å²) >= 11 is 0. The molecule has 1 atom stereocenters. The summed E-state index contributed by atoms with van der Waals surface area (Å²) in [6, 6.07) is 16.2. The molecule has 2 heterocycles. The number of esters is 2. The predicted octanol–water partition coefficient (Wildman–Crippen LogP) is 2.49. The number of rotatable bonds is 4. The molecule has 0 bridgehead atoms. The molecule has 1 amide bonds. The Labute approximate surface area is 202 Å². The minimum Gasteiger partial charge on any atom is -0.466 e. The zero-order valence-electron chi connectivity index (χ0n) is 19.6. The quantitative estimate of drug-likeness (QED) is 0.673. The fourth-order valence-corrected chi connectivity index (χ4v) is 4.69. The molecule has 2 aromatic carbocycles. The van der Waals surface area contributed by atoms with E-state index < -0.39 is 17.9 Å². The first-order valence-electron chi connectivity index (χ1n) is 10.9. The zero-order valence-corrected chi connectivity index (χ0v) is 19.6. The second kappa shape index (κ2) is 9.35. The Balaban J connectivity index is 2.09. The Morgan fingerprint density at radius 2 is 1.71 bits per heavy atom. The summed E-state index contributed by atoms with van der Waals surface area (Å²) in [7, 11) is 2.39. The molecule has 0 fully saturated rings. The number of methoxy groups -OCH3 is 2. The second-order valence-electron chi connectivity index (χ2n) is 8.04. The Morgan fingerprint density at radius 1 is 1.03 bits per heavy atom. The summed E-state index contributed by atoms with van der Waals surface area (Å²) in [5, 5.41) is 10.2. The number of anilines is 2. The number of hydrogen-bond donors (Lipinski definition) is 1. The molecule has 2 aromatic rings. The molecule has 9 heteroatoms. The van der Waals surface area contributed by atoms with Crippen molar-refractivity contribution < 1.29 is 23.9 Å². The smallest absolute Gasteiger partial charge is 0.355 e. The van der Waals surface area contributed by atoms with E-state index in [0.29, 0.717) is 29.9 Å². The topological polar surface area (TPSA) is 126 Å². The Morgan fingerprint density at radius 3 is 2.31 bits per heavy atom. The van der Waals surface area contributed by atoms with Crippen LogP contribution in [0.25, 0.3) is 0 Å². The van der Waals surface area contributed by atoms with Crippen LogP contribution in [0, 0.1) is 11.3 Å². The van der Waals surface area contributed by atoms with Crippen molar-refractivity contribution in [3.8, 4) is 6.07 Å². The lowest BCUT2D eigenvalue weighted by atomic mass is 9.81. The minimum absolute atomic E-state index is 0.0433. The van der Waals surface area contributed by atoms with Gasteiger partial charge in [0.2, 0.25) is 5.91 Å². The molecule has 2 aliphatic heterocycles. The molecule has 2 aliphatic rings. The molecular weight excluding hydrogens is 448 g/mol. The van der Waals surface area contributed by atoms with E-state index in [1.165, 1.54) is 26.0 Å². The van der Waals surface area contributed by atoms with E-state index in [1.807, 2.05) is 6.07 Å². The molecule has 4 rings (SSSR count). The van der Waals surface area contributed by atoms with Gasteiger partial charge in [0.1, 0.15) is 11.5 Å². The normalized spacial score (nSPS) is 17.1. The van der Waals surface area contributed by atoms with Gasteiger partial charge in [0.25, 0.3) is 0 Å². The van der Waals surface area contributed by atoms with E-state index >= 15 is 0 Å². The first-order valence-corrected chi connectivity index (χ1v) is 10.9. The Bertz CT molecular complexity index is 1320. The van der Waals surface area contributed by atoms with Crippen LogP contribution in [-0.2, 0) is 30.3 Å². The number of fused-ring (bicyclic) bond motifs is 1. The molecule has 0 aromatic heterocycles. The highest BCUT2D eigenvalue weighted by Crippen LogP contribution is 2.47. The maximum Gasteiger partial charge on any atom is 0.355 e. The lowest BCUT2D eigenvalue weighted by Gasteiger charge is -2.37. The van der Waals surface area contributed by atoms with Gasteiger partial charge in [-0.25, -0.2) is 9.59 Å². The van der Waals surface area contributed by atoms with Crippen LogP contribution in [-0.4, -0.2) is 38.6 Å². The van der Waals surface area contributed by atoms with E-state index in [4.69, 9.17) is 15.2 Å². The van der Waals surface area contributed by atoms with Gasteiger partial charge in [-0.2, -0.15) is 5.26 Å². The van der Waals surface area contributed by atoms with Crippen molar-refractivity contribution in [3.63, 3.8) is 0 Å². The third kappa shape index (κ3) is 3.79. The average molecular weight is 473 g/mol. The number of nitrogens with zero attached hydrogens (tertiary/aromatic N) is 3. The number of allylic oxidation sites excluding steroid dienone is 1. The van der Waals surface area contributed by atoms with E-state index in [9.17, 15) is 19.6 Å². The number of amides is 1. The van der Waals surface area contributed by atoms with Crippen LogP contribution in [0.3, 0.4) is 0 Å². The molecule has 35 heavy (non-hydrogen) atoms. The molecule has 0 saturated heterocycles. The summed E-state index contributed by atoms with van der Waals surface area (Å²) < 4.78 is 10.1. The third-order valence-corrected chi connectivity index (χ3v) is 6.20. The third-order valence-electron chi connectivity index (χ3n) is 6.20. The maximum absolute atomic E-state index is 13.2. The molecule has 0 saturated carbocycles. The molecule has 0 aliphatic carbocycles. The van der Waals surface area contributed by atoms with Gasteiger partial charge in [-0.3, -0.25) is 9.69 Å². The highest BCUT2D eigenvalue weighted by atomic mass is 16.5. The SMILES string of the molecule is COC(=O)C1=C(C(=O)OC)N(c2cccc3c2N(C(C)=O)CC3)C(N)=C(C#N)C1c1ccccc1. The van der Waals surface area contributed by atoms with Crippen LogP contribution >= 0.6 is 0 Å². The monoisotopic (exact) mass is 472 g/mol. The number of carbonyl (C=O) groups is 3. The number of nitrogens with two attached hydrogens (primary N) is 1. The maximum atomic E-state index is 13.2. The standard InChI is InChI=1S/C26H24N4O5/c1-15(31)29-13-12-17-10-7-11-19(22(17)29)30-23(26(33)35-3)21(25(32)34-2)20(18(14-27)24(30)28)16-8-5-4-6-9-16/h4-11,20H,12-13,28H2,1-3H3. The summed E-state index contributed by atoms with van der Waals surface area (Å²) in [6.07, 6.45) is 0.610. The van der Waals surface area contributed by atoms with E-state index in [2.05, 4.69) is 6.07 Å². The second-order valence-corrected chi connectivity index (χ2v) is 8.04. The van der Waals surface area contributed by atoms with E-state index in [0.717, 1.165) is 5.56 Å². The molecular formula is C26H24N4O5. The van der Waals surface area contributed by atoms with Crippen LogP contribution < -0.4 is 15.5 Å². The van der Waals surface area contributed by atoms with Crippen molar-refractivity contribution in [2.75, 3.05) is 30.6 Å². The van der Waals surface area contributed by atoms with Crippen molar-refractivity contribution in [1.29, 1.82) is 5.26 Å². The van der Waals surface area contributed by atoms with Crippen LogP contribution in [0.1, 0.15) is 24.0 Å². The first kappa shape index (κ1) is 23.6. The number of hydrogen-bond acceptors (Lipinski definition) is 8. The zero-order chi connectivity index (χ0) is 25.3. The summed E-state index contributed by atoms with van der Waals surface area (Å²) in [5.74, 6) is -2.83. The van der Waals surface area contributed by atoms with Gasteiger partial charge in [-0.15, -0.1) is 0 Å². The van der Waals surface area contributed by atoms with Gasteiger partial charge >= 0.3 is 11.9 Å². The van der Waals surface area contributed by atoms with Crippen molar-refractivity contribution in [1.82, 2.24) is 0 Å². The van der Waals surface area contributed by atoms with Crippen LogP contribution in [0.5, 0.6) is 0 Å².